The van der Waals surface area contributed by atoms with Crippen molar-refractivity contribution in [1.29, 1.82) is 0 Å². The van der Waals surface area contributed by atoms with E-state index in [0.717, 1.165) is 10.9 Å². The van der Waals surface area contributed by atoms with Crippen LogP contribution in [0.1, 0.15) is 7.79 Å². The average Bonchev–Trinajstić information content (AvgIpc) is 3.39. The van der Waals surface area contributed by atoms with E-state index in [2.05, 4.69) is 25.4 Å². The third kappa shape index (κ3) is 4.77. The zero-order chi connectivity index (χ0) is 27.4. The molecule has 1 N–H and O–H groups in total. The van der Waals surface area contributed by atoms with Gasteiger partial charge in [-0.25, -0.2) is 35.7 Å². The number of sulfonamides is 1. The van der Waals surface area contributed by atoms with E-state index < -0.39 is 41.5 Å². The van der Waals surface area contributed by atoms with Gasteiger partial charge >= 0.3 is 0 Å². The van der Waals surface area contributed by atoms with Gasteiger partial charge in [-0.15, -0.1) is 5.10 Å². The molecule has 37 heavy (non-hydrogen) atoms. The average molecular weight is 544 g/mol. The third-order valence-electron chi connectivity index (χ3n) is 6.04. The van der Waals surface area contributed by atoms with Crippen LogP contribution in [-0.2, 0) is 16.6 Å². The number of ether oxygens (including phenoxy) is 1. The summed E-state index contributed by atoms with van der Waals surface area (Å²) in [6.45, 7) is -1.77. The number of nitrogens with one attached hydrogen (secondary N) is 1. The summed E-state index contributed by atoms with van der Waals surface area (Å²) in [6.07, 6.45) is -2.08. The van der Waals surface area contributed by atoms with Crippen LogP contribution in [0.15, 0.2) is 35.4 Å². The SMILES string of the molecule is [2H]c1cc(-c2ccc3nnn(CC(F)F)c3c2)c2c(OC)nc(=NC3CCN(S(C)(=O)=O)CC3(F)F)[nH]n12. The second-order valence-electron chi connectivity index (χ2n) is 8.58. The van der Waals surface area contributed by atoms with Gasteiger partial charge in [-0.3, -0.25) is 9.61 Å². The molecule has 1 aliphatic heterocycles. The zero-order valence-corrected chi connectivity index (χ0v) is 20.4. The van der Waals surface area contributed by atoms with Crippen LogP contribution in [0.4, 0.5) is 17.6 Å². The Hall–Kier alpha value is -3.53. The lowest BCUT2D eigenvalue weighted by Gasteiger charge is -2.34. The van der Waals surface area contributed by atoms with Crippen LogP contribution in [0.5, 0.6) is 5.88 Å². The number of halogens is 4. The molecule has 0 saturated carbocycles. The summed E-state index contributed by atoms with van der Waals surface area (Å²) in [6, 6.07) is 4.79. The molecule has 0 aliphatic carbocycles. The number of alkyl halides is 4. The van der Waals surface area contributed by atoms with Crippen molar-refractivity contribution in [3.05, 3.63) is 36.1 Å². The summed E-state index contributed by atoms with van der Waals surface area (Å²) < 4.78 is 95.7. The molecule has 5 rings (SSSR count). The van der Waals surface area contributed by atoms with Crippen LogP contribution in [0.2, 0.25) is 0 Å². The van der Waals surface area contributed by atoms with Crippen LogP contribution in [0.3, 0.4) is 0 Å². The molecule has 16 heteroatoms. The lowest BCUT2D eigenvalue weighted by molar-refractivity contribution is -0.0608. The Morgan fingerprint density at radius 1 is 1.35 bits per heavy atom. The first kappa shape index (κ1) is 23.8. The van der Waals surface area contributed by atoms with Gasteiger partial charge in [0.05, 0.1) is 26.8 Å². The lowest BCUT2D eigenvalue weighted by Crippen LogP contribution is -2.53. The maximum atomic E-state index is 14.8. The molecular formula is C21H22F4N8O3S. The largest absolute Gasteiger partial charge is 0.479 e. The Labute approximate surface area is 208 Å². The Morgan fingerprint density at radius 3 is 2.81 bits per heavy atom. The fourth-order valence-electron chi connectivity index (χ4n) is 4.26. The minimum Gasteiger partial charge on any atom is -0.479 e. The Morgan fingerprint density at radius 2 is 2.14 bits per heavy atom. The molecule has 4 heterocycles. The minimum atomic E-state index is -3.79. The van der Waals surface area contributed by atoms with Gasteiger partial charge in [0.15, 0.2) is 0 Å². The van der Waals surface area contributed by atoms with E-state index >= 15 is 0 Å². The molecule has 4 aromatic rings. The number of benzene rings is 1. The van der Waals surface area contributed by atoms with Crippen LogP contribution in [0.25, 0.3) is 27.7 Å². The van der Waals surface area contributed by atoms with Gasteiger partial charge in [-0.2, -0.15) is 9.29 Å². The first-order valence-corrected chi connectivity index (χ1v) is 12.9. The van der Waals surface area contributed by atoms with Crippen molar-refractivity contribution < 1.29 is 32.1 Å². The number of hydrogen-bond acceptors (Lipinski definition) is 7. The van der Waals surface area contributed by atoms with Gasteiger partial charge < -0.3 is 4.74 Å². The number of aromatic amines is 1. The van der Waals surface area contributed by atoms with E-state index in [9.17, 15) is 26.0 Å². The molecule has 3 aromatic heterocycles. The second-order valence-corrected chi connectivity index (χ2v) is 10.6. The third-order valence-corrected chi connectivity index (χ3v) is 7.29. The fraction of sp³-hybridized carbons (Fsp3) is 0.429. The predicted octanol–water partition coefficient (Wildman–Crippen LogP) is 1.92. The number of H-pyrrole nitrogens is 1. The van der Waals surface area contributed by atoms with Crippen molar-refractivity contribution in [2.45, 2.75) is 31.4 Å². The molecule has 1 unspecified atom stereocenters. The molecule has 1 fully saturated rings. The monoisotopic (exact) mass is 543 g/mol. The van der Waals surface area contributed by atoms with Crippen molar-refractivity contribution in [2.75, 3.05) is 26.5 Å². The van der Waals surface area contributed by atoms with E-state index in [-0.39, 0.29) is 30.6 Å². The van der Waals surface area contributed by atoms with E-state index in [4.69, 9.17) is 6.11 Å². The topological polar surface area (TPSA) is 123 Å². The Bertz CT molecular complexity index is 1700. The van der Waals surface area contributed by atoms with Gasteiger partial charge in [0.1, 0.15) is 23.6 Å². The van der Waals surface area contributed by atoms with Gasteiger partial charge in [-0.05, 0) is 30.2 Å². The quantitative estimate of drug-likeness (QED) is 0.371. The zero-order valence-electron chi connectivity index (χ0n) is 20.6. The molecule has 1 saturated heterocycles. The van der Waals surface area contributed by atoms with E-state index in [1.54, 1.807) is 18.2 Å². The lowest BCUT2D eigenvalue weighted by atomic mass is 10.0. The molecule has 1 aliphatic rings. The van der Waals surface area contributed by atoms with Crippen molar-refractivity contribution in [3.8, 4) is 17.0 Å². The van der Waals surface area contributed by atoms with Crippen LogP contribution in [-0.4, -0.2) is 87.2 Å². The summed E-state index contributed by atoms with van der Waals surface area (Å²) in [5.74, 6) is -3.47. The summed E-state index contributed by atoms with van der Waals surface area (Å²) in [5.41, 5.74) is 1.81. The number of fused-ring (bicyclic) bond motifs is 2. The highest BCUT2D eigenvalue weighted by Gasteiger charge is 2.47. The summed E-state index contributed by atoms with van der Waals surface area (Å²) in [5, 5.41) is 10.4. The smallest absolute Gasteiger partial charge is 0.283 e. The van der Waals surface area contributed by atoms with Crippen LogP contribution in [0, 0.1) is 0 Å². The normalized spacial score (nSPS) is 19.7. The first-order chi connectivity index (χ1) is 17.9. The summed E-state index contributed by atoms with van der Waals surface area (Å²) >= 11 is 0. The Kier molecular flexibility index (Phi) is 5.86. The van der Waals surface area contributed by atoms with Gasteiger partial charge in [0, 0.05) is 18.3 Å². The number of aromatic nitrogens is 6. The molecule has 198 valence electrons. The van der Waals surface area contributed by atoms with Gasteiger partial charge in [0.25, 0.3) is 12.3 Å². The maximum absolute atomic E-state index is 14.8. The number of piperidine rings is 1. The second kappa shape index (κ2) is 9.09. The van der Waals surface area contributed by atoms with E-state index in [1.807, 2.05) is 0 Å². The highest BCUT2D eigenvalue weighted by molar-refractivity contribution is 7.88. The standard InChI is InChI=1S/C21H22F4N8O3S/c1-36-19-18-13(12-3-4-14-15(9-12)33(30-28-14)10-17(22)23)5-8-32(18)29-20(27-19)26-16-6-7-31(37(2,34)35)11-21(16,24)25/h3-5,8-9,16-17H,6-7,10-11H2,1-2H3,(H,26,29)/i8D. The first-order valence-electron chi connectivity index (χ1n) is 11.5. The van der Waals surface area contributed by atoms with Gasteiger partial charge in [-0.1, -0.05) is 11.3 Å². The number of methoxy groups -OCH3 is 1. The van der Waals surface area contributed by atoms with Crippen LogP contribution < -0.4 is 10.4 Å². The predicted molar refractivity (Wildman–Crippen MR) is 124 cm³/mol. The molecule has 0 radical (unpaired) electrons. The fourth-order valence-corrected chi connectivity index (χ4v) is 5.10. The minimum absolute atomic E-state index is 0.0211. The van der Waals surface area contributed by atoms with Crippen molar-refractivity contribution in [2.24, 2.45) is 4.99 Å². The van der Waals surface area contributed by atoms with Crippen molar-refractivity contribution in [3.63, 3.8) is 0 Å². The number of hydrogen-bond donors (Lipinski definition) is 1. The van der Waals surface area contributed by atoms with E-state index in [1.165, 1.54) is 17.7 Å². The highest BCUT2D eigenvalue weighted by atomic mass is 32.2. The molecular weight excluding hydrogens is 520 g/mol. The molecule has 0 spiro atoms. The Balaban J connectivity index is 1.58. The number of rotatable bonds is 6. The maximum Gasteiger partial charge on any atom is 0.283 e. The summed E-state index contributed by atoms with van der Waals surface area (Å²) in [4.78, 5) is 8.24. The van der Waals surface area contributed by atoms with Gasteiger partial charge in [0.2, 0.25) is 21.5 Å². The van der Waals surface area contributed by atoms with Crippen molar-refractivity contribution >= 4 is 26.6 Å². The molecule has 0 bridgehead atoms. The highest BCUT2D eigenvalue weighted by Crippen LogP contribution is 2.33. The molecule has 1 aromatic carbocycles. The van der Waals surface area contributed by atoms with E-state index in [0.29, 0.717) is 32.0 Å². The van der Waals surface area contributed by atoms with Crippen LogP contribution >= 0.6 is 0 Å². The molecule has 11 nitrogen and oxygen atoms in total. The van der Waals surface area contributed by atoms with Crippen molar-refractivity contribution in [1.82, 2.24) is 33.9 Å². The number of nitrogens with zero attached hydrogens (tertiary/aromatic N) is 7. The summed E-state index contributed by atoms with van der Waals surface area (Å²) in [7, 11) is -2.47. The molecule has 1 atom stereocenters. The molecule has 0 amide bonds.